The topological polar surface area (TPSA) is 125 Å². The standard InChI is InChI=1S/C12H17N3O4S/c13-7-8-5-6-10(19-8)12(16)15-9-3-1-2-4-11(9)20(14,17)18/h1-4,8,10H,5-7,13H2,(H,15,16)(H2,14,17,18). The molecule has 1 aromatic carbocycles. The minimum atomic E-state index is -3.89. The Morgan fingerprint density at radius 1 is 1.35 bits per heavy atom. The lowest BCUT2D eigenvalue weighted by molar-refractivity contribution is -0.126. The predicted molar refractivity (Wildman–Crippen MR) is 73.4 cm³/mol. The number of primary sulfonamides is 1. The second-order valence-electron chi connectivity index (χ2n) is 4.59. The zero-order chi connectivity index (χ0) is 14.8. The van der Waals surface area contributed by atoms with Crippen molar-refractivity contribution in [3.05, 3.63) is 24.3 Å². The van der Waals surface area contributed by atoms with Crippen LogP contribution in [-0.4, -0.2) is 33.1 Å². The van der Waals surface area contributed by atoms with Crippen LogP contribution in [0.15, 0.2) is 29.2 Å². The second kappa shape index (κ2) is 5.88. The monoisotopic (exact) mass is 299 g/mol. The van der Waals surface area contributed by atoms with Crippen LogP contribution in [0.4, 0.5) is 5.69 Å². The molecule has 2 atom stereocenters. The summed E-state index contributed by atoms with van der Waals surface area (Å²) in [6.45, 7) is 0.359. The average Bonchev–Trinajstić information content (AvgIpc) is 2.87. The Morgan fingerprint density at radius 3 is 2.65 bits per heavy atom. The number of hydrogen-bond donors (Lipinski definition) is 3. The Bertz CT molecular complexity index is 602. The average molecular weight is 299 g/mol. The van der Waals surface area contributed by atoms with Crippen LogP contribution in [0, 0.1) is 0 Å². The molecular formula is C12H17N3O4S. The van der Waals surface area contributed by atoms with Crippen molar-refractivity contribution in [3.63, 3.8) is 0 Å². The van der Waals surface area contributed by atoms with Crippen molar-refractivity contribution in [1.29, 1.82) is 0 Å². The first-order valence-corrected chi connectivity index (χ1v) is 7.74. The van der Waals surface area contributed by atoms with Gasteiger partial charge in [0.15, 0.2) is 0 Å². The molecule has 0 aromatic heterocycles. The van der Waals surface area contributed by atoms with Gasteiger partial charge in [-0.05, 0) is 25.0 Å². The highest BCUT2D eigenvalue weighted by molar-refractivity contribution is 7.89. The maximum absolute atomic E-state index is 12.0. The summed E-state index contributed by atoms with van der Waals surface area (Å²) in [5.41, 5.74) is 5.63. The minimum Gasteiger partial charge on any atom is -0.364 e. The summed E-state index contributed by atoms with van der Waals surface area (Å²) in [6.07, 6.45) is 0.535. The summed E-state index contributed by atoms with van der Waals surface area (Å²) < 4.78 is 28.3. The second-order valence-corrected chi connectivity index (χ2v) is 6.12. The molecule has 1 aliphatic heterocycles. The van der Waals surface area contributed by atoms with Gasteiger partial charge in [-0.25, -0.2) is 13.6 Å². The van der Waals surface area contributed by atoms with Crippen molar-refractivity contribution < 1.29 is 17.9 Å². The number of sulfonamides is 1. The van der Waals surface area contributed by atoms with Gasteiger partial charge < -0.3 is 15.8 Å². The molecule has 1 saturated heterocycles. The lowest BCUT2D eigenvalue weighted by Crippen LogP contribution is -2.30. The van der Waals surface area contributed by atoms with Gasteiger partial charge in [-0.2, -0.15) is 0 Å². The molecule has 1 aromatic rings. The number of benzene rings is 1. The molecule has 2 unspecified atom stereocenters. The van der Waals surface area contributed by atoms with E-state index < -0.39 is 22.0 Å². The van der Waals surface area contributed by atoms with Crippen LogP contribution < -0.4 is 16.2 Å². The van der Waals surface area contributed by atoms with Crippen molar-refractivity contribution >= 4 is 21.6 Å². The molecule has 0 spiro atoms. The Kier molecular flexibility index (Phi) is 4.39. The van der Waals surface area contributed by atoms with E-state index in [1.807, 2.05) is 0 Å². The van der Waals surface area contributed by atoms with Gasteiger partial charge in [0.25, 0.3) is 5.91 Å². The SMILES string of the molecule is NCC1CCC(C(=O)Nc2ccccc2S(N)(=O)=O)O1. The summed E-state index contributed by atoms with van der Waals surface area (Å²) in [5.74, 6) is -0.392. The van der Waals surface area contributed by atoms with Crippen LogP contribution in [0.2, 0.25) is 0 Å². The summed E-state index contributed by atoms with van der Waals surface area (Å²) in [6, 6.07) is 5.96. The highest BCUT2D eigenvalue weighted by Gasteiger charge is 2.30. The first-order chi connectivity index (χ1) is 9.41. The lowest BCUT2D eigenvalue weighted by Gasteiger charge is -2.14. The fourth-order valence-electron chi connectivity index (χ4n) is 2.10. The third kappa shape index (κ3) is 3.34. The van der Waals surface area contributed by atoms with Gasteiger partial charge in [-0.1, -0.05) is 12.1 Å². The molecule has 2 rings (SSSR count). The molecule has 1 aliphatic rings. The zero-order valence-corrected chi connectivity index (χ0v) is 11.6. The lowest BCUT2D eigenvalue weighted by atomic mass is 10.2. The third-order valence-corrected chi connectivity index (χ3v) is 4.08. The quantitative estimate of drug-likeness (QED) is 0.709. The Morgan fingerprint density at radius 2 is 2.05 bits per heavy atom. The number of nitrogens with two attached hydrogens (primary N) is 2. The van der Waals surface area contributed by atoms with Crippen LogP contribution >= 0.6 is 0 Å². The van der Waals surface area contributed by atoms with Crippen molar-refractivity contribution in [1.82, 2.24) is 0 Å². The van der Waals surface area contributed by atoms with Gasteiger partial charge >= 0.3 is 0 Å². The Hall–Kier alpha value is -1.48. The largest absolute Gasteiger partial charge is 0.364 e. The number of hydrogen-bond acceptors (Lipinski definition) is 5. The molecule has 0 bridgehead atoms. The van der Waals surface area contributed by atoms with Crippen LogP contribution in [0.25, 0.3) is 0 Å². The highest BCUT2D eigenvalue weighted by atomic mass is 32.2. The maximum atomic E-state index is 12.0. The number of carbonyl (C=O) groups excluding carboxylic acids is 1. The number of anilines is 1. The number of amides is 1. The van der Waals surface area contributed by atoms with Gasteiger partial charge in [0.2, 0.25) is 10.0 Å². The van der Waals surface area contributed by atoms with Crippen molar-refractivity contribution in [2.45, 2.75) is 29.9 Å². The first-order valence-electron chi connectivity index (χ1n) is 6.20. The summed E-state index contributed by atoms with van der Waals surface area (Å²) in [4.78, 5) is 11.9. The summed E-state index contributed by atoms with van der Waals surface area (Å²) in [7, 11) is -3.89. The molecule has 7 nitrogen and oxygen atoms in total. The van der Waals surface area contributed by atoms with E-state index in [1.165, 1.54) is 18.2 Å². The summed E-state index contributed by atoms with van der Waals surface area (Å²) in [5, 5.41) is 7.64. The number of carbonyl (C=O) groups is 1. The van der Waals surface area contributed by atoms with Crippen LogP contribution in [0.1, 0.15) is 12.8 Å². The molecule has 20 heavy (non-hydrogen) atoms. The minimum absolute atomic E-state index is 0.123. The molecule has 1 fully saturated rings. The van der Waals surface area contributed by atoms with Gasteiger partial charge in [-0.15, -0.1) is 0 Å². The molecule has 110 valence electrons. The van der Waals surface area contributed by atoms with E-state index in [1.54, 1.807) is 6.07 Å². The van der Waals surface area contributed by atoms with Crippen molar-refractivity contribution in [3.8, 4) is 0 Å². The van der Waals surface area contributed by atoms with Crippen molar-refractivity contribution in [2.75, 3.05) is 11.9 Å². The number of ether oxygens (including phenoxy) is 1. The molecule has 5 N–H and O–H groups in total. The molecule has 0 aliphatic carbocycles. The maximum Gasteiger partial charge on any atom is 0.253 e. The van der Waals surface area contributed by atoms with Gasteiger partial charge in [0.05, 0.1) is 11.8 Å². The predicted octanol–water partition coefficient (Wildman–Crippen LogP) is -0.221. The van der Waals surface area contributed by atoms with E-state index in [0.717, 1.165) is 0 Å². The molecule has 8 heteroatoms. The number of rotatable bonds is 4. The normalized spacial score (nSPS) is 22.7. The molecule has 0 radical (unpaired) electrons. The van der Waals surface area contributed by atoms with E-state index in [4.69, 9.17) is 15.6 Å². The number of nitrogens with one attached hydrogen (secondary N) is 1. The number of para-hydroxylation sites is 1. The van der Waals surface area contributed by atoms with E-state index in [9.17, 15) is 13.2 Å². The van der Waals surface area contributed by atoms with E-state index in [0.29, 0.717) is 19.4 Å². The zero-order valence-electron chi connectivity index (χ0n) is 10.8. The fraction of sp³-hybridized carbons (Fsp3) is 0.417. The van der Waals surface area contributed by atoms with E-state index >= 15 is 0 Å². The van der Waals surface area contributed by atoms with Gasteiger partial charge in [0.1, 0.15) is 11.0 Å². The summed E-state index contributed by atoms with van der Waals surface area (Å²) >= 11 is 0. The fourth-order valence-corrected chi connectivity index (χ4v) is 2.80. The van der Waals surface area contributed by atoms with Crippen LogP contribution in [-0.2, 0) is 19.6 Å². The highest BCUT2D eigenvalue weighted by Crippen LogP contribution is 2.23. The van der Waals surface area contributed by atoms with E-state index in [-0.39, 0.29) is 16.7 Å². The van der Waals surface area contributed by atoms with Gasteiger partial charge in [0, 0.05) is 6.54 Å². The van der Waals surface area contributed by atoms with Crippen LogP contribution in [0.3, 0.4) is 0 Å². The molecule has 1 heterocycles. The van der Waals surface area contributed by atoms with Gasteiger partial charge in [-0.3, -0.25) is 4.79 Å². The molecular weight excluding hydrogens is 282 g/mol. The molecule has 0 saturated carbocycles. The van der Waals surface area contributed by atoms with Crippen LogP contribution in [0.5, 0.6) is 0 Å². The molecule has 1 amide bonds. The van der Waals surface area contributed by atoms with E-state index in [2.05, 4.69) is 5.32 Å². The third-order valence-electron chi connectivity index (χ3n) is 3.11. The first kappa shape index (κ1) is 14.9. The Labute approximate surface area is 117 Å². The smallest absolute Gasteiger partial charge is 0.253 e. The van der Waals surface area contributed by atoms with Crippen molar-refractivity contribution in [2.24, 2.45) is 10.9 Å². The Balaban J connectivity index is 2.13.